The minimum absolute atomic E-state index is 0.0859. The lowest BCUT2D eigenvalue weighted by molar-refractivity contribution is -0.121. The Bertz CT molecular complexity index is 663. The van der Waals surface area contributed by atoms with Gasteiger partial charge in [0.2, 0.25) is 5.91 Å². The van der Waals surface area contributed by atoms with E-state index in [0.717, 1.165) is 23.3 Å². The summed E-state index contributed by atoms with van der Waals surface area (Å²) in [5.41, 5.74) is 0.965. The summed E-state index contributed by atoms with van der Waals surface area (Å²) in [6, 6.07) is 10.5. The number of nitrogens with one attached hydrogen (secondary N) is 1. The molecule has 2 aromatic carbocycles. The van der Waals surface area contributed by atoms with E-state index in [4.69, 9.17) is 0 Å². The van der Waals surface area contributed by atoms with Crippen LogP contribution in [0.25, 0.3) is 10.8 Å². The summed E-state index contributed by atoms with van der Waals surface area (Å²) < 4.78 is 13.8. The molecule has 0 aliphatic heterocycles. The van der Waals surface area contributed by atoms with Gasteiger partial charge in [-0.2, -0.15) is 0 Å². The van der Waals surface area contributed by atoms with Crippen molar-refractivity contribution < 1.29 is 9.18 Å². The van der Waals surface area contributed by atoms with Crippen LogP contribution in [-0.4, -0.2) is 5.91 Å². The number of benzene rings is 2. The van der Waals surface area contributed by atoms with E-state index in [-0.39, 0.29) is 17.8 Å². The molecule has 0 spiro atoms. The van der Waals surface area contributed by atoms with E-state index in [1.807, 2.05) is 25.1 Å². The molecule has 3 heteroatoms. The predicted octanol–water partition coefficient (Wildman–Crippen LogP) is 4.35. The molecule has 1 unspecified atom stereocenters. The fraction of sp³-hybridized carbons (Fsp3) is 0.389. The van der Waals surface area contributed by atoms with Crippen LogP contribution >= 0.6 is 0 Å². The highest BCUT2D eigenvalue weighted by Crippen LogP contribution is 2.33. The SMILES string of the molecule is CC(NC(=O)CCC1CC1)c1ccc(F)c2ccccc12. The number of hydrogen-bond acceptors (Lipinski definition) is 1. The molecule has 0 heterocycles. The quantitative estimate of drug-likeness (QED) is 0.869. The second kappa shape index (κ2) is 5.84. The Morgan fingerprint density at radius 1 is 1.24 bits per heavy atom. The van der Waals surface area contributed by atoms with Crippen molar-refractivity contribution in [2.75, 3.05) is 0 Å². The van der Waals surface area contributed by atoms with Crippen molar-refractivity contribution in [1.29, 1.82) is 0 Å². The third-order valence-corrected chi connectivity index (χ3v) is 4.23. The highest BCUT2D eigenvalue weighted by atomic mass is 19.1. The molecule has 0 bridgehead atoms. The molecule has 2 aromatic rings. The van der Waals surface area contributed by atoms with Crippen molar-refractivity contribution in [2.24, 2.45) is 5.92 Å². The Morgan fingerprint density at radius 3 is 2.67 bits per heavy atom. The molecule has 1 aliphatic carbocycles. The largest absolute Gasteiger partial charge is 0.350 e. The van der Waals surface area contributed by atoms with Gasteiger partial charge in [-0.15, -0.1) is 0 Å². The summed E-state index contributed by atoms with van der Waals surface area (Å²) in [5.74, 6) is 0.627. The Kier molecular flexibility index (Phi) is 3.91. The van der Waals surface area contributed by atoms with Crippen LogP contribution in [0.4, 0.5) is 4.39 Å². The van der Waals surface area contributed by atoms with Crippen LogP contribution in [0.2, 0.25) is 0 Å². The first-order chi connectivity index (χ1) is 10.1. The predicted molar refractivity (Wildman–Crippen MR) is 82.4 cm³/mol. The van der Waals surface area contributed by atoms with Gasteiger partial charge in [0.05, 0.1) is 6.04 Å². The maximum absolute atomic E-state index is 13.8. The van der Waals surface area contributed by atoms with Gasteiger partial charge in [0.25, 0.3) is 0 Å². The molecular formula is C18H20FNO. The van der Waals surface area contributed by atoms with Crippen molar-refractivity contribution in [1.82, 2.24) is 5.32 Å². The molecule has 1 amide bonds. The van der Waals surface area contributed by atoms with Crippen LogP contribution in [-0.2, 0) is 4.79 Å². The van der Waals surface area contributed by atoms with Crippen molar-refractivity contribution >= 4 is 16.7 Å². The molecule has 0 radical (unpaired) electrons. The van der Waals surface area contributed by atoms with Gasteiger partial charge in [-0.3, -0.25) is 4.79 Å². The van der Waals surface area contributed by atoms with Gasteiger partial charge in [0.1, 0.15) is 5.82 Å². The summed E-state index contributed by atoms with van der Waals surface area (Å²) in [7, 11) is 0. The summed E-state index contributed by atoms with van der Waals surface area (Å²) in [6.07, 6.45) is 4.12. The van der Waals surface area contributed by atoms with Gasteiger partial charge in [-0.1, -0.05) is 43.2 Å². The average Bonchev–Trinajstić information content (AvgIpc) is 3.30. The molecular weight excluding hydrogens is 265 g/mol. The summed E-state index contributed by atoms with van der Waals surface area (Å²) in [6.45, 7) is 1.95. The molecule has 1 saturated carbocycles. The monoisotopic (exact) mass is 285 g/mol. The van der Waals surface area contributed by atoms with Gasteiger partial charge in [0, 0.05) is 11.8 Å². The summed E-state index contributed by atoms with van der Waals surface area (Å²) in [4.78, 5) is 12.0. The maximum atomic E-state index is 13.8. The molecule has 1 aliphatic rings. The minimum atomic E-state index is -0.221. The topological polar surface area (TPSA) is 29.1 Å². The normalized spacial score (nSPS) is 15.9. The Morgan fingerprint density at radius 2 is 1.95 bits per heavy atom. The molecule has 1 fully saturated rings. The fourth-order valence-electron chi connectivity index (χ4n) is 2.80. The molecule has 3 rings (SSSR count). The lowest BCUT2D eigenvalue weighted by Crippen LogP contribution is -2.26. The first-order valence-corrected chi connectivity index (χ1v) is 7.61. The zero-order valence-electron chi connectivity index (χ0n) is 12.2. The second-order valence-corrected chi connectivity index (χ2v) is 5.95. The van der Waals surface area contributed by atoms with E-state index in [1.165, 1.54) is 18.9 Å². The molecule has 1 N–H and O–H groups in total. The molecule has 1 atom stereocenters. The lowest BCUT2D eigenvalue weighted by Gasteiger charge is -2.17. The van der Waals surface area contributed by atoms with E-state index in [0.29, 0.717) is 11.8 Å². The number of carbonyl (C=O) groups excluding carboxylic acids is 1. The highest BCUT2D eigenvalue weighted by molar-refractivity contribution is 5.87. The van der Waals surface area contributed by atoms with Crippen molar-refractivity contribution in [3.63, 3.8) is 0 Å². The van der Waals surface area contributed by atoms with Crippen LogP contribution in [0.1, 0.15) is 44.2 Å². The molecule has 0 saturated heterocycles. The molecule has 21 heavy (non-hydrogen) atoms. The molecule has 2 nitrogen and oxygen atoms in total. The summed E-state index contributed by atoms with van der Waals surface area (Å²) in [5, 5.41) is 4.50. The standard InChI is InChI=1S/C18H20FNO/c1-12(20-18(21)11-8-13-6-7-13)14-9-10-17(19)16-5-3-2-4-15(14)16/h2-5,9-10,12-13H,6-8,11H2,1H3,(H,20,21). The van der Waals surface area contributed by atoms with Gasteiger partial charge >= 0.3 is 0 Å². The van der Waals surface area contributed by atoms with Crippen LogP contribution in [0.3, 0.4) is 0 Å². The number of halogens is 1. The number of carbonyl (C=O) groups is 1. The van der Waals surface area contributed by atoms with Crippen molar-refractivity contribution in [2.45, 2.75) is 38.6 Å². The summed E-state index contributed by atoms with van der Waals surface area (Å²) >= 11 is 0. The fourth-order valence-corrected chi connectivity index (χ4v) is 2.80. The Labute approximate surface area is 124 Å². The number of amides is 1. The highest BCUT2D eigenvalue weighted by Gasteiger charge is 2.22. The van der Waals surface area contributed by atoms with Crippen LogP contribution in [0.5, 0.6) is 0 Å². The third-order valence-electron chi connectivity index (χ3n) is 4.23. The smallest absolute Gasteiger partial charge is 0.220 e. The van der Waals surface area contributed by atoms with Gasteiger partial charge in [-0.25, -0.2) is 4.39 Å². The van der Waals surface area contributed by atoms with Crippen LogP contribution < -0.4 is 5.32 Å². The van der Waals surface area contributed by atoms with E-state index in [2.05, 4.69) is 5.32 Å². The van der Waals surface area contributed by atoms with Crippen molar-refractivity contribution in [3.05, 3.63) is 47.8 Å². The number of fused-ring (bicyclic) bond motifs is 1. The van der Waals surface area contributed by atoms with Crippen LogP contribution in [0, 0.1) is 11.7 Å². The minimum Gasteiger partial charge on any atom is -0.350 e. The first-order valence-electron chi connectivity index (χ1n) is 7.61. The second-order valence-electron chi connectivity index (χ2n) is 5.95. The molecule has 110 valence electrons. The Balaban J connectivity index is 1.76. The van der Waals surface area contributed by atoms with E-state index < -0.39 is 0 Å². The van der Waals surface area contributed by atoms with Crippen LogP contribution in [0.15, 0.2) is 36.4 Å². The number of hydrogen-bond donors (Lipinski definition) is 1. The average molecular weight is 285 g/mol. The Hall–Kier alpha value is -1.90. The molecule has 0 aromatic heterocycles. The van der Waals surface area contributed by atoms with Gasteiger partial charge < -0.3 is 5.32 Å². The van der Waals surface area contributed by atoms with E-state index in [1.54, 1.807) is 12.1 Å². The zero-order valence-corrected chi connectivity index (χ0v) is 12.2. The van der Waals surface area contributed by atoms with E-state index in [9.17, 15) is 9.18 Å². The zero-order chi connectivity index (χ0) is 14.8. The van der Waals surface area contributed by atoms with E-state index >= 15 is 0 Å². The van der Waals surface area contributed by atoms with Crippen molar-refractivity contribution in [3.8, 4) is 0 Å². The number of rotatable bonds is 5. The van der Waals surface area contributed by atoms with Gasteiger partial charge in [-0.05, 0) is 36.3 Å². The van der Waals surface area contributed by atoms with Gasteiger partial charge in [0.15, 0.2) is 0 Å². The maximum Gasteiger partial charge on any atom is 0.220 e. The first kappa shape index (κ1) is 14.1. The third kappa shape index (κ3) is 3.23. The lowest BCUT2D eigenvalue weighted by atomic mass is 9.99.